The van der Waals surface area contributed by atoms with E-state index in [2.05, 4.69) is 17.2 Å². The van der Waals surface area contributed by atoms with Gasteiger partial charge < -0.3 is 10.2 Å². The lowest BCUT2D eigenvalue weighted by Crippen LogP contribution is -2.43. The summed E-state index contributed by atoms with van der Waals surface area (Å²) in [5.41, 5.74) is 2.00. The lowest BCUT2D eigenvalue weighted by atomic mass is 9.99. The van der Waals surface area contributed by atoms with Crippen LogP contribution in [0.4, 0.5) is 10.1 Å². The Hall–Kier alpha value is -2.43. The quantitative estimate of drug-likeness (QED) is 0.841. The summed E-state index contributed by atoms with van der Waals surface area (Å²) in [4.78, 5) is 19.1. The van der Waals surface area contributed by atoms with Crippen molar-refractivity contribution in [2.75, 3.05) is 18.4 Å². The first-order chi connectivity index (χ1) is 12.7. The molecule has 1 unspecified atom stereocenters. The first-order valence-electron chi connectivity index (χ1n) is 9.43. The monoisotopic (exact) mass is 355 g/mol. The van der Waals surface area contributed by atoms with Crippen molar-refractivity contribution in [1.29, 1.82) is 0 Å². The van der Waals surface area contributed by atoms with Gasteiger partial charge in [0.05, 0.1) is 0 Å². The first kappa shape index (κ1) is 18.4. The van der Waals surface area contributed by atoms with Crippen LogP contribution in [-0.4, -0.2) is 34.9 Å². The lowest BCUT2D eigenvalue weighted by Gasteiger charge is -2.35. The highest BCUT2D eigenvalue weighted by Gasteiger charge is 2.26. The maximum absolute atomic E-state index is 13.7. The maximum atomic E-state index is 13.7. The molecule has 1 amide bonds. The second-order valence-corrected chi connectivity index (χ2v) is 6.75. The molecule has 0 bridgehead atoms. The van der Waals surface area contributed by atoms with Crippen LogP contribution in [0.25, 0.3) is 0 Å². The summed E-state index contributed by atoms with van der Waals surface area (Å²) in [6.45, 7) is 3.54. The van der Waals surface area contributed by atoms with Crippen LogP contribution in [0.5, 0.6) is 0 Å². The van der Waals surface area contributed by atoms with E-state index in [1.54, 1.807) is 24.4 Å². The van der Waals surface area contributed by atoms with E-state index in [-0.39, 0.29) is 11.7 Å². The van der Waals surface area contributed by atoms with E-state index < -0.39 is 0 Å². The molecule has 1 atom stereocenters. The number of pyridine rings is 1. The van der Waals surface area contributed by atoms with Gasteiger partial charge in [0.25, 0.3) is 5.91 Å². The van der Waals surface area contributed by atoms with Gasteiger partial charge in [0, 0.05) is 31.0 Å². The molecule has 0 aliphatic carbocycles. The second kappa shape index (κ2) is 8.79. The van der Waals surface area contributed by atoms with E-state index in [4.69, 9.17) is 0 Å². The Bertz CT molecular complexity index is 750. The number of nitrogens with zero attached hydrogens (tertiary/aromatic N) is 2. The van der Waals surface area contributed by atoms with Gasteiger partial charge in [0.15, 0.2) is 0 Å². The van der Waals surface area contributed by atoms with Gasteiger partial charge in [-0.1, -0.05) is 25.1 Å². The van der Waals surface area contributed by atoms with Crippen molar-refractivity contribution >= 4 is 11.6 Å². The third kappa shape index (κ3) is 4.40. The highest BCUT2D eigenvalue weighted by Crippen LogP contribution is 2.22. The average molecular weight is 355 g/mol. The molecule has 5 heteroatoms. The van der Waals surface area contributed by atoms with Crippen LogP contribution in [0.15, 0.2) is 42.6 Å². The molecule has 0 saturated carbocycles. The van der Waals surface area contributed by atoms with Gasteiger partial charge in [-0.15, -0.1) is 0 Å². The lowest BCUT2D eigenvalue weighted by molar-refractivity contribution is 0.0602. The number of halogens is 1. The Morgan fingerprint density at radius 3 is 2.96 bits per heavy atom. The Morgan fingerprint density at radius 1 is 1.31 bits per heavy atom. The normalized spacial score (nSPS) is 17.2. The molecule has 1 N–H and O–H groups in total. The molecule has 0 spiro atoms. The molecule has 1 aliphatic rings. The number of piperidine rings is 1. The van der Waals surface area contributed by atoms with Crippen molar-refractivity contribution < 1.29 is 9.18 Å². The highest BCUT2D eigenvalue weighted by molar-refractivity contribution is 5.93. The number of carbonyl (C=O) groups is 1. The zero-order chi connectivity index (χ0) is 18.4. The molecular weight excluding hydrogens is 329 g/mol. The summed E-state index contributed by atoms with van der Waals surface area (Å²) in [6, 6.07) is 10.7. The molecule has 26 heavy (non-hydrogen) atoms. The Labute approximate surface area is 154 Å². The fourth-order valence-electron chi connectivity index (χ4n) is 3.54. The van der Waals surface area contributed by atoms with Crippen LogP contribution < -0.4 is 5.32 Å². The van der Waals surface area contributed by atoms with E-state index in [9.17, 15) is 9.18 Å². The van der Waals surface area contributed by atoms with Gasteiger partial charge in [-0.3, -0.25) is 9.78 Å². The number of nitrogens with one attached hydrogen (secondary N) is 1. The molecule has 3 rings (SSSR count). The molecule has 1 aromatic heterocycles. The summed E-state index contributed by atoms with van der Waals surface area (Å²) >= 11 is 0. The third-order valence-electron chi connectivity index (χ3n) is 5.02. The SMILES string of the molecule is CCC1CCCCN1C(=O)c1cc(NCCc2ccccc2F)ccn1. The van der Waals surface area contributed by atoms with Crippen molar-refractivity contribution in [3.05, 3.63) is 59.7 Å². The van der Waals surface area contributed by atoms with E-state index in [0.717, 1.165) is 31.5 Å². The number of amides is 1. The number of hydrogen-bond acceptors (Lipinski definition) is 3. The highest BCUT2D eigenvalue weighted by atomic mass is 19.1. The standard InChI is InChI=1S/C21H26FN3O/c1-2-18-8-5-6-14-25(18)21(26)20-15-17(11-13-24-20)23-12-10-16-7-3-4-9-19(16)22/h3-4,7,9,11,13,15,18H,2,5-6,8,10,12,14H2,1H3,(H,23,24). The topological polar surface area (TPSA) is 45.2 Å². The van der Waals surface area contributed by atoms with Crippen LogP contribution in [0.3, 0.4) is 0 Å². The van der Waals surface area contributed by atoms with Crippen LogP contribution >= 0.6 is 0 Å². The summed E-state index contributed by atoms with van der Waals surface area (Å²) in [5.74, 6) is -0.176. The van der Waals surface area contributed by atoms with E-state index in [1.807, 2.05) is 17.0 Å². The maximum Gasteiger partial charge on any atom is 0.272 e. The van der Waals surface area contributed by atoms with Crippen molar-refractivity contribution in [2.24, 2.45) is 0 Å². The van der Waals surface area contributed by atoms with Gasteiger partial charge in [0.1, 0.15) is 11.5 Å². The molecule has 4 nitrogen and oxygen atoms in total. The fraction of sp³-hybridized carbons (Fsp3) is 0.429. The van der Waals surface area contributed by atoms with Gasteiger partial charge in [0.2, 0.25) is 0 Å². The van der Waals surface area contributed by atoms with Gasteiger partial charge in [-0.05, 0) is 55.9 Å². The smallest absolute Gasteiger partial charge is 0.272 e. The number of likely N-dealkylation sites (tertiary alicyclic amines) is 1. The minimum Gasteiger partial charge on any atom is -0.385 e. The van der Waals surface area contributed by atoms with Crippen LogP contribution in [0.2, 0.25) is 0 Å². The molecule has 1 aliphatic heterocycles. The fourth-order valence-corrected chi connectivity index (χ4v) is 3.54. The van der Waals surface area contributed by atoms with Crippen LogP contribution in [-0.2, 0) is 6.42 Å². The minimum absolute atomic E-state index is 0.00861. The molecule has 1 aromatic carbocycles. The largest absolute Gasteiger partial charge is 0.385 e. The number of carbonyl (C=O) groups excluding carboxylic acids is 1. The molecule has 1 fully saturated rings. The van der Waals surface area contributed by atoms with Gasteiger partial charge >= 0.3 is 0 Å². The Kier molecular flexibility index (Phi) is 6.21. The molecule has 138 valence electrons. The first-order valence-corrected chi connectivity index (χ1v) is 9.43. The summed E-state index contributed by atoms with van der Waals surface area (Å²) in [7, 11) is 0. The average Bonchev–Trinajstić information content (AvgIpc) is 2.69. The van der Waals surface area contributed by atoms with Crippen LogP contribution in [0.1, 0.15) is 48.7 Å². The summed E-state index contributed by atoms with van der Waals surface area (Å²) in [6.07, 6.45) is 6.54. The molecule has 0 radical (unpaired) electrons. The molecule has 1 saturated heterocycles. The number of hydrogen-bond donors (Lipinski definition) is 1. The summed E-state index contributed by atoms with van der Waals surface area (Å²) in [5, 5.41) is 3.27. The zero-order valence-electron chi connectivity index (χ0n) is 15.2. The second-order valence-electron chi connectivity index (χ2n) is 6.75. The molecular formula is C21H26FN3O. The number of aromatic nitrogens is 1. The molecule has 2 aromatic rings. The third-order valence-corrected chi connectivity index (χ3v) is 5.02. The van der Waals surface area contributed by atoms with Crippen molar-refractivity contribution in [3.8, 4) is 0 Å². The molecule has 2 heterocycles. The number of benzene rings is 1. The minimum atomic E-state index is -0.185. The Balaban J connectivity index is 1.62. The van der Waals surface area contributed by atoms with Crippen molar-refractivity contribution in [1.82, 2.24) is 9.88 Å². The van der Waals surface area contributed by atoms with E-state index >= 15 is 0 Å². The number of anilines is 1. The van der Waals surface area contributed by atoms with Crippen molar-refractivity contribution in [2.45, 2.75) is 45.1 Å². The van der Waals surface area contributed by atoms with Crippen LogP contribution in [0, 0.1) is 5.82 Å². The van der Waals surface area contributed by atoms with E-state index in [1.165, 1.54) is 12.5 Å². The zero-order valence-corrected chi connectivity index (χ0v) is 15.2. The van der Waals surface area contributed by atoms with Gasteiger partial charge in [-0.2, -0.15) is 0 Å². The van der Waals surface area contributed by atoms with E-state index in [0.29, 0.717) is 30.3 Å². The van der Waals surface area contributed by atoms with Gasteiger partial charge in [-0.25, -0.2) is 4.39 Å². The predicted molar refractivity (Wildman–Crippen MR) is 102 cm³/mol. The predicted octanol–water partition coefficient (Wildman–Crippen LogP) is 4.28. The number of rotatable bonds is 6. The Morgan fingerprint density at radius 2 is 2.15 bits per heavy atom. The van der Waals surface area contributed by atoms with Crippen molar-refractivity contribution in [3.63, 3.8) is 0 Å². The summed E-state index contributed by atoms with van der Waals surface area (Å²) < 4.78 is 13.7.